The Morgan fingerprint density at radius 1 is 1.16 bits per heavy atom. The van der Waals surface area contributed by atoms with Crippen molar-refractivity contribution in [2.45, 2.75) is 26.4 Å². The van der Waals surface area contributed by atoms with Crippen LogP contribution in [0.4, 0.5) is 5.69 Å². The number of nitrogens with one attached hydrogen (secondary N) is 2. The van der Waals surface area contributed by atoms with Gasteiger partial charge in [-0.05, 0) is 47.0 Å². The van der Waals surface area contributed by atoms with Crippen LogP contribution in [0.2, 0.25) is 5.02 Å². The minimum atomic E-state index is -2.15. The van der Waals surface area contributed by atoms with Crippen LogP contribution in [0, 0.1) is 5.92 Å². The van der Waals surface area contributed by atoms with Crippen LogP contribution in [0.3, 0.4) is 0 Å². The number of aliphatic hydroxyl groups is 1. The minimum absolute atomic E-state index is 0.0323. The summed E-state index contributed by atoms with van der Waals surface area (Å²) in [5, 5.41) is 15.7. The molecule has 0 aliphatic rings. The molecule has 3 aromatic rings. The number of thiophene rings is 1. The van der Waals surface area contributed by atoms with Crippen LogP contribution in [0.15, 0.2) is 53.9 Å². The van der Waals surface area contributed by atoms with E-state index < -0.39 is 17.4 Å². The van der Waals surface area contributed by atoms with E-state index in [9.17, 15) is 14.1 Å². The van der Waals surface area contributed by atoms with E-state index in [4.69, 9.17) is 16.2 Å². The van der Waals surface area contributed by atoms with Crippen LogP contribution in [0.5, 0.6) is 0 Å². The Morgan fingerprint density at radius 2 is 1.84 bits per heavy atom. The molecule has 1 amide bonds. The molecule has 6 nitrogen and oxygen atoms in total. The maximum Gasteiger partial charge on any atom is 0.262 e. The summed E-state index contributed by atoms with van der Waals surface area (Å²) in [6.45, 7) is 4.26. The van der Waals surface area contributed by atoms with E-state index in [1.54, 1.807) is 36.4 Å². The van der Waals surface area contributed by atoms with Gasteiger partial charge in [0.25, 0.3) is 17.2 Å². The molecule has 0 spiro atoms. The van der Waals surface area contributed by atoms with Crippen molar-refractivity contribution in [3.05, 3.63) is 74.9 Å². The van der Waals surface area contributed by atoms with E-state index in [2.05, 4.69) is 23.9 Å². The Hall–Kier alpha value is -2.23. The van der Waals surface area contributed by atoms with Crippen molar-refractivity contribution >= 4 is 45.8 Å². The van der Waals surface area contributed by atoms with Crippen LogP contribution in [-0.2, 0) is 17.7 Å². The zero-order chi connectivity index (χ0) is 23.3. The summed E-state index contributed by atoms with van der Waals surface area (Å²) >= 11 is 5.35. The third-order valence-corrected chi connectivity index (χ3v) is 6.58. The summed E-state index contributed by atoms with van der Waals surface area (Å²) in [5.41, 5.74) is 3.81. The highest BCUT2D eigenvalue weighted by Crippen LogP contribution is 2.35. The molecule has 2 unspecified atom stereocenters. The fraction of sp³-hybridized carbons (Fsp3) is 0.261. The Bertz CT molecular complexity index is 1100. The van der Waals surface area contributed by atoms with E-state index >= 15 is 0 Å². The molecule has 0 aliphatic heterocycles. The van der Waals surface area contributed by atoms with E-state index in [1.165, 1.54) is 11.3 Å². The Kier molecular flexibility index (Phi) is 8.44. The summed E-state index contributed by atoms with van der Waals surface area (Å²) in [6, 6.07) is 14.0. The van der Waals surface area contributed by atoms with E-state index in [0.29, 0.717) is 27.1 Å². The molecule has 0 bridgehead atoms. The van der Waals surface area contributed by atoms with Gasteiger partial charge in [0.1, 0.15) is 0 Å². The molecule has 32 heavy (non-hydrogen) atoms. The van der Waals surface area contributed by atoms with Crippen molar-refractivity contribution in [1.82, 2.24) is 5.32 Å². The number of hydrogen-bond acceptors (Lipinski definition) is 4. The second-order valence-corrected chi connectivity index (χ2v) is 9.73. The van der Waals surface area contributed by atoms with Crippen molar-refractivity contribution in [2.75, 3.05) is 11.3 Å². The molecule has 4 N–H and O–H groups in total. The van der Waals surface area contributed by atoms with Crippen LogP contribution < -0.4 is 10.0 Å². The SMILES string of the molecule is CC(C)Cc1csc(C(=O)NCC(O)c2ccccc2Cl)c1-c1ccc(NS(=O)O)cc1. The van der Waals surface area contributed by atoms with Crippen molar-refractivity contribution in [3.63, 3.8) is 0 Å². The molecule has 170 valence electrons. The Balaban J connectivity index is 1.84. The lowest BCUT2D eigenvalue weighted by Gasteiger charge is -2.14. The summed E-state index contributed by atoms with van der Waals surface area (Å²) in [4.78, 5) is 13.6. The number of anilines is 1. The zero-order valence-corrected chi connectivity index (χ0v) is 20.1. The summed E-state index contributed by atoms with van der Waals surface area (Å²) in [6.07, 6.45) is -0.113. The first-order valence-corrected chi connectivity index (χ1v) is 12.4. The number of carbonyl (C=O) groups is 1. The van der Waals surface area contributed by atoms with Crippen LogP contribution in [-0.4, -0.2) is 26.3 Å². The largest absolute Gasteiger partial charge is 0.387 e. The number of aliphatic hydroxyl groups excluding tert-OH is 1. The van der Waals surface area contributed by atoms with Gasteiger partial charge in [-0.2, -0.15) is 0 Å². The average molecular weight is 493 g/mol. The van der Waals surface area contributed by atoms with Crippen LogP contribution in [0.25, 0.3) is 11.1 Å². The molecule has 9 heteroatoms. The highest BCUT2D eigenvalue weighted by molar-refractivity contribution is 7.80. The van der Waals surface area contributed by atoms with E-state index in [-0.39, 0.29) is 12.5 Å². The van der Waals surface area contributed by atoms with Crippen molar-refractivity contribution in [3.8, 4) is 11.1 Å². The van der Waals surface area contributed by atoms with Gasteiger partial charge in [0, 0.05) is 28.4 Å². The third kappa shape index (κ3) is 6.17. The Labute approximate surface area is 199 Å². The topological polar surface area (TPSA) is 98.7 Å². The van der Waals surface area contributed by atoms with Gasteiger partial charge in [-0.3, -0.25) is 14.1 Å². The molecular weight excluding hydrogens is 468 g/mol. The molecular formula is C23H25ClN2O4S2. The molecule has 0 saturated carbocycles. The predicted molar refractivity (Wildman–Crippen MR) is 131 cm³/mol. The van der Waals surface area contributed by atoms with Crippen molar-refractivity contribution in [1.29, 1.82) is 0 Å². The van der Waals surface area contributed by atoms with Crippen molar-refractivity contribution in [2.24, 2.45) is 5.92 Å². The maximum atomic E-state index is 13.0. The Morgan fingerprint density at radius 3 is 2.47 bits per heavy atom. The van der Waals surface area contributed by atoms with Crippen molar-refractivity contribution < 1.29 is 18.7 Å². The lowest BCUT2D eigenvalue weighted by atomic mass is 9.95. The molecule has 0 aliphatic carbocycles. The molecule has 3 rings (SSSR count). The number of amides is 1. The zero-order valence-electron chi connectivity index (χ0n) is 17.7. The first-order chi connectivity index (χ1) is 15.3. The highest BCUT2D eigenvalue weighted by atomic mass is 35.5. The van der Waals surface area contributed by atoms with Gasteiger partial charge < -0.3 is 10.4 Å². The first kappa shape index (κ1) is 24.4. The third-order valence-electron chi connectivity index (χ3n) is 4.80. The quantitative estimate of drug-likeness (QED) is 0.305. The number of carbonyl (C=O) groups excluding carboxylic acids is 1. The summed E-state index contributed by atoms with van der Waals surface area (Å²) < 4.78 is 22.4. The maximum absolute atomic E-state index is 13.0. The minimum Gasteiger partial charge on any atom is -0.387 e. The fourth-order valence-corrected chi connectivity index (χ4v) is 5.02. The molecule has 0 fully saturated rings. The summed E-state index contributed by atoms with van der Waals surface area (Å²) in [5.74, 6) is 0.129. The fourth-order valence-electron chi connectivity index (χ4n) is 3.40. The van der Waals surface area contributed by atoms with Crippen LogP contribution in [0.1, 0.15) is 40.8 Å². The first-order valence-electron chi connectivity index (χ1n) is 10.0. The molecule has 2 atom stereocenters. The lowest BCUT2D eigenvalue weighted by molar-refractivity contribution is 0.0921. The number of benzene rings is 2. The smallest absolute Gasteiger partial charge is 0.262 e. The molecule has 0 saturated heterocycles. The van der Waals surface area contributed by atoms with Gasteiger partial charge in [0.15, 0.2) is 0 Å². The second-order valence-electron chi connectivity index (χ2n) is 7.74. The average Bonchev–Trinajstić information content (AvgIpc) is 3.15. The predicted octanol–water partition coefficient (Wildman–Crippen LogP) is 5.28. The molecule has 0 radical (unpaired) electrons. The van der Waals surface area contributed by atoms with Gasteiger partial charge >= 0.3 is 0 Å². The number of rotatable bonds is 9. The number of halogens is 1. The standard InChI is InChI=1S/C23H25ClN2O4S2/c1-14(2)11-16-13-31-22(21(16)15-7-9-17(10-8-15)26-32(29)30)23(28)25-12-20(27)18-5-3-4-6-19(18)24/h3-10,13-14,20,26-27H,11-12H2,1-2H3,(H,25,28)(H,29,30). The van der Waals surface area contributed by atoms with Gasteiger partial charge in [0.2, 0.25) is 0 Å². The summed E-state index contributed by atoms with van der Waals surface area (Å²) in [7, 11) is 0. The van der Waals surface area contributed by atoms with E-state index in [1.807, 2.05) is 17.5 Å². The van der Waals surface area contributed by atoms with E-state index in [0.717, 1.165) is 23.1 Å². The van der Waals surface area contributed by atoms with Gasteiger partial charge in [0.05, 0.1) is 11.0 Å². The molecule has 1 heterocycles. The molecule has 2 aromatic carbocycles. The van der Waals surface area contributed by atoms with Gasteiger partial charge in [-0.25, -0.2) is 4.21 Å². The van der Waals surface area contributed by atoms with Gasteiger partial charge in [-0.15, -0.1) is 11.3 Å². The highest BCUT2D eigenvalue weighted by Gasteiger charge is 2.21. The van der Waals surface area contributed by atoms with Gasteiger partial charge in [-0.1, -0.05) is 55.8 Å². The lowest BCUT2D eigenvalue weighted by Crippen LogP contribution is -2.28. The van der Waals surface area contributed by atoms with Crippen LogP contribution >= 0.6 is 22.9 Å². The number of hydrogen-bond donors (Lipinski definition) is 4. The second kappa shape index (κ2) is 11.1. The monoisotopic (exact) mass is 492 g/mol. The molecule has 1 aromatic heterocycles. The normalized spacial score (nSPS) is 13.1.